The summed E-state index contributed by atoms with van der Waals surface area (Å²) in [5.74, 6) is -9.96. The summed E-state index contributed by atoms with van der Waals surface area (Å²) in [6.45, 7) is 7.26. The lowest BCUT2D eigenvalue weighted by molar-refractivity contribution is -0.117. The Morgan fingerprint density at radius 2 is 1.25 bits per heavy atom. The number of aliphatic hydroxyl groups excluding tert-OH is 6. The highest BCUT2D eigenvalue weighted by Gasteiger charge is 2.40. The third-order valence-corrected chi connectivity index (χ3v) is 9.57. The van der Waals surface area contributed by atoms with Gasteiger partial charge in [-0.1, -0.05) is 52.0 Å². The van der Waals surface area contributed by atoms with Crippen LogP contribution in [0.5, 0.6) is 11.5 Å². The van der Waals surface area contributed by atoms with E-state index in [1.807, 2.05) is 0 Å². The standard InChI is InChI=1S/C35H45NO12/c1-14-8-7-9-20(12-37)35(48)36-22-11-23(39)24-25(32(45)19(6)33(46)26(24)34(22)47)28(41)15(2)10-21(13-38)31(44)18(5)30(43)17(4)29(42)16(3)27(14)40/h7-11,14,16-18,21,27,29-31,37-38,40,42-46H,12-13H2,1-6H3,(H,36,48)/b8-7-,15-10-,20-9-/t14-,16+,17-,18+,21-,27-,29-,30-,31+/m0/s1. The monoisotopic (exact) mass is 671 g/mol. The first kappa shape index (κ1) is 38.5. The predicted octanol–water partition coefficient (Wildman–Crippen LogP) is 0.999. The first-order chi connectivity index (χ1) is 22.4. The number of phenolic OH excluding ortho intramolecular Hbond substituents is 2. The molecule has 1 aliphatic carbocycles. The molecule has 0 saturated carbocycles. The zero-order valence-corrected chi connectivity index (χ0v) is 27.7. The van der Waals surface area contributed by atoms with Gasteiger partial charge < -0.3 is 46.2 Å². The maximum atomic E-state index is 13.8. The van der Waals surface area contributed by atoms with E-state index in [0.29, 0.717) is 0 Å². The molecule has 2 heterocycles. The van der Waals surface area contributed by atoms with Crippen LogP contribution in [0.1, 0.15) is 71.3 Å². The van der Waals surface area contributed by atoms with Crippen molar-refractivity contribution in [1.29, 1.82) is 0 Å². The largest absolute Gasteiger partial charge is 0.507 e. The van der Waals surface area contributed by atoms with E-state index in [-0.39, 0.29) is 16.7 Å². The number of phenols is 2. The van der Waals surface area contributed by atoms with E-state index >= 15 is 0 Å². The van der Waals surface area contributed by atoms with Gasteiger partial charge in [0.25, 0.3) is 5.91 Å². The first-order valence-corrected chi connectivity index (χ1v) is 15.7. The summed E-state index contributed by atoms with van der Waals surface area (Å²) < 4.78 is 0. The molecule has 2 aliphatic heterocycles. The van der Waals surface area contributed by atoms with Gasteiger partial charge >= 0.3 is 0 Å². The Labute approximate surface area is 278 Å². The second kappa shape index (κ2) is 15.5. The molecular weight excluding hydrogens is 626 g/mol. The average Bonchev–Trinajstić information content (AvgIpc) is 3.06. The number of ketones is 3. The molecule has 9 atom stereocenters. The summed E-state index contributed by atoms with van der Waals surface area (Å²) in [5, 5.41) is 88.4. The predicted molar refractivity (Wildman–Crippen MR) is 173 cm³/mol. The van der Waals surface area contributed by atoms with Gasteiger partial charge in [-0.25, -0.2) is 0 Å². The van der Waals surface area contributed by atoms with E-state index in [0.717, 1.165) is 6.08 Å². The molecule has 9 N–H and O–H groups in total. The number of allylic oxidation sites excluding steroid dienone is 5. The maximum absolute atomic E-state index is 13.8. The fourth-order valence-electron chi connectivity index (χ4n) is 6.18. The molecule has 3 aliphatic rings. The molecule has 0 saturated heterocycles. The second-order valence-electron chi connectivity index (χ2n) is 12.8. The van der Waals surface area contributed by atoms with Crippen LogP contribution in [0, 0.1) is 36.5 Å². The van der Waals surface area contributed by atoms with Gasteiger partial charge in [-0.05, 0) is 19.4 Å². The smallest absolute Gasteiger partial charge is 0.254 e. The van der Waals surface area contributed by atoms with E-state index in [1.54, 1.807) is 13.8 Å². The molecule has 1 aromatic rings. The van der Waals surface area contributed by atoms with Gasteiger partial charge in [0.15, 0.2) is 11.6 Å². The molecule has 48 heavy (non-hydrogen) atoms. The molecule has 0 radical (unpaired) electrons. The number of hydrogen-bond acceptors (Lipinski definition) is 12. The molecule has 13 heteroatoms. The Bertz CT molecular complexity index is 1590. The molecule has 13 nitrogen and oxygen atoms in total. The lowest BCUT2D eigenvalue weighted by Crippen LogP contribution is -2.46. The molecular formula is C35H45NO12. The minimum absolute atomic E-state index is 0.164. The Hall–Kier alpha value is -3.98. The van der Waals surface area contributed by atoms with Gasteiger partial charge in [-0.3, -0.25) is 19.2 Å². The number of fused-ring (bicyclic) bond motifs is 15. The van der Waals surface area contributed by atoms with Crippen molar-refractivity contribution in [2.24, 2.45) is 29.6 Å². The molecule has 4 rings (SSSR count). The Morgan fingerprint density at radius 1 is 0.729 bits per heavy atom. The highest BCUT2D eigenvalue weighted by Crippen LogP contribution is 2.41. The van der Waals surface area contributed by atoms with E-state index < -0.39 is 124 Å². The average molecular weight is 672 g/mol. The number of hydrogen-bond donors (Lipinski definition) is 9. The van der Waals surface area contributed by atoms with E-state index in [1.165, 1.54) is 52.0 Å². The quantitative estimate of drug-likeness (QED) is 0.214. The van der Waals surface area contributed by atoms with Crippen molar-refractivity contribution in [2.45, 2.75) is 66.0 Å². The highest BCUT2D eigenvalue weighted by atomic mass is 16.3. The van der Waals surface area contributed by atoms with Gasteiger partial charge in [-0.15, -0.1) is 0 Å². The number of amides is 1. The number of benzene rings is 1. The van der Waals surface area contributed by atoms with Crippen molar-refractivity contribution in [2.75, 3.05) is 13.2 Å². The third-order valence-electron chi connectivity index (χ3n) is 9.57. The van der Waals surface area contributed by atoms with Crippen LogP contribution in [0.3, 0.4) is 0 Å². The summed E-state index contributed by atoms with van der Waals surface area (Å²) in [6, 6.07) is 0. The molecule has 1 aromatic carbocycles. The number of aromatic hydroxyl groups is 2. The van der Waals surface area contributed by atoms with Gasteiger partial charge in [0.2, 0.25) is 5.78 Å². The van der Waals surface area contributed by atoms with Gasteiger partial charge in [0.1, 0.15) is 11.5 Å². The lowest BCUT2D eigenvalue weighted by atomic mass is 9.76. The van der Waals surface area contributed by atoms with E-state index in [9.17, 15) is 60.0 Å². The number of nitrogens with one attached hydrogen (secondary N) is 1. The minimum atomic E-state index is -1.46. The topological polar surface area (TPSA) is 242 Å². The van der Waals surface area contributed by atoms with Crippen molar-refractivity contribution in [3.63, 3.8) is 0 Å². The second-order valence-corrected chi connectivity index (χ2v) is 12.8. The van der Waals surface area contributed by atoms with Gasteiger partial charge in [0.05, 0.1) is 60.0 Å². The zero-order chi connectivity index (χ0) is 36.4. The maximum Gasteiger partial charge on any atom is 0.254 e. The number of aliphatic hydroxyl groups is 6. The van der Waals surface area contributed by atoms with Crippen LogP contribution in [0.15, 0.2) is 47.2 Å². The van der Waals surface area contributed by atoms with Crippen LogP contribution < -0.4 is 5.32 Å². The van der Waals surface area contributed by atoms with Gasteiger partial charge in [-0.2, -0.15) is 0 Å². The molecule has 0 unspecified atom stereocenters. The lowest BCUT2D eigenvalue weighted by Gasteiger charge is -2.37. The summed E-state index contributed by atoms with van der Waals surface area (Å²) >= 11 is 0. The first-order valence-electron chi connectivity index (χ1n) is 15.7. The number of rotatable bonds is 2. The van der Waals surface area contributed by atoms with Crippen LogP contribution in [-0.4, -0.2) is 102 Å². The van der Waals surface area contributed by atoms with Crippen LogP contribution >= 0.6 is 0 Å². The van der Waals surface area contributed by atoms with Crippen molar-refractivity contribution >= 4 is 23.3 Å². The Kier molecular flexibility index (Phi) is 12.4. The summed E-state index contributed by atoms with van der Waals surface area (Å²) in [5.41, 5.74) is -3.16. The van der Waals surface area contributed by atoms with Crippen molar-refractivity contribution in [1.82, 2.24) is 5.32 Å². The Morgan fingerprint density at radius 3 is 1.79 bits per heavy atom. The number of carbonyl (C=O) groups is 4. The molecule has 1 amide bonds. The molecule has 0 spiro atoms. The fourth-order valence-corrected chi connectivity index (χ4v) is 6.18. The van der Waals surface area contributed by atoms with Crippen LogP contribution in [0.4, 0.5) is 0 Å². The summed E-state index contributed by atoms with van der Waals surface area (Å²) in [7, 11) is 0. The number of carbonyl (C=O) groups excluding carboxylic acids is 4. The van der Waals surface area contributed by atoms with Crippen molar-refractivity contribution in [3.8, 4) is 11.5 Å². The van der Waals surface area contributed by atoms with Crippen LogP contribution in [0.25, 0.3) is 0 Å². The molecule has 0 fully saturated rings. The fraction of sp³-hybridized carbons (Fsp3) is 0.486. The normalized spacial score (nSPS) is 34.1. The number of Topliss-reactive ketones (excluding diaryl/α,β-unsaturated/α-hetero) is 2. The Balaban J connectivity index is 2.24. The van der Waals surface area contributed by atoms with Crippen molar-refractivity contribution in [3.05, 3.63) is 69.5 Å². The summed E-state index contributed by atoms with van der Waals surface area (Å²) in [4.78, 5) is 53.8. The van der Waals surface area contributed by atoms with Gasteiger partial charge in [0, 0.05) is 46.8 Å². The summed E-state index contributed by atoms with van der Waals surface area (Å²) in [6.07, 6.45) is 0.837. The van der Waals surface area contributed by atoms with E-state index in [2.05, 4.69) is 5.32 Å². The van der Waals surface area contributed by atoms with Crippen molar-refractivity contribution < 1.29 is 60.0 Å². The highest BCUT2D eigenvalue weighted by molar-refractivity contribution is 6.31. The third kappa shape index (κ3) is 7.36. The zero-order valence-electron chi connectivity index (χ0n) is 27.7. The minimum Gasteiger partial charge on any atom is -0.507 e. The molecule has 262 valence electrons. The molecule has 4 bridgehead atoms. The SMILES string of the molecule is C/C1=C/[C@@H](CO)[C@H](O)[C@H](C)[C@@H](O)[C@@H](C)[C@@H](O)[C@H](C)[C@@H](O)[C@@H](C)/C=C\C=C(\CO)C(=O)NC2=CC(=O)c3c(c(O)c(C)c(O)c3C1=O)C2=O. The van der Waals surface area contributed by atoms with E-state index in [4.69, 9.17) is 0 Å². The molecule has 0 aromatic heterocycles. The van der Waals surface area contributed by atoms with Crippen LogP contribution in [0.2, 0.25) is 0 Å². The van der Waals surface area contributed by atoms with Crippen LogP contribution in [-0.2, 0) is 4.79 Å².